The fourth-order valence-corrected chi connectivity index (χ4v) is 3.29. The summed E-state index contributed by atoms with van der Waals surface area (Å²) in [5, 5.41) is 0. The highest BCUT2D eigenvalue weighted by atomic mass is 79.9. The second-order valence-electron chi connectivity index (χ2n) is 6.41. The Morgan fingerprint density at radius 1 is 1.25 bits per heavy atom. The Kier molecular flexibility index (Phi) is 3.95. The molecule has 0 N–H and O–H groups in total. The molecule has 5 heteroatoms. The third-order valence-corrected chi connectivity index (χ3v) is 3.80. The molecule has 0 radical (unpaired) electrons. The van der Waals surface area contributed by atoms with E-state index in [1.807, 2.05) is 27.7 Å². The SMILES string of the molecule is CC1(C)CN(C(=O)c2ccc(F)cc2Br)CC(C)(C)O1. The molecule has 0 spiro atoms. The van der Waals surface area contributed by atoms with E-state index in [1.165, 1.54) is 18.2 Å². The summed E-state index contributed by atoms with van der Waals surface area (Å²) in [5.41, 5.74) is -0.326. The minimum absolute atomic E-state index is 0.110. The summed E-state index contributed by atoms with van der Waals surface area (Å²) in [4.78, 5) is 14.4. The molecule has 20 heavy (non-hydrogen) atoms. The first-order chi connectivity index (χ1) is 9.10. The van der Waals surface area contributed by atoms with Crippen molar-refractivity contribution < 1.29 is 13.9 Å². The van der Waals surface area contributed by atoms with Gasteiger partial charge in [-0.3, -0.25) is 4.79 Å². The number of amides is 1. The molecule has 1 amide bonds. The lowest BCUT2D eigenvalue weighted by atomic mass is 9.98. The van der Waals surface area contributed by atoms with Gasteiger partial charge >= 0.3 is 0 Å². The van der Waals surface area contributed by atoms with Crippen LogP contribution in [0.5, 0.6) is 0 Å². The summed E-state index contributed by atoms with van der Waals surface area (Å²) in [7, 11) is 0. The number of hydrogen-bond donors (Lipinski definition) is 0. The summed E-state index contributed by atoms with van der Waals surface area (Å²) in [6.07, 6.45) is 0. The van der Waals surface area contributed by atoms with Crippen molar-refractivity contribution in [1.29, 1.82) is 0 Å². The molecule has 0 atom stereocenters. The van der Waals surface area contributed by atoms with Crippen LogP contribution in [0.2, 0.25) is 0 Å². The number of morpholine rings is 1. The van der Waals surface area contributed by atoms with Crippen LogP contribution in [0, 0.1) is 5.82 Å². The minimum Gasteiger partial charge on any atom is -0.366 e. The molecule has 1 fully saturated rings. The van der Waals surface area contributed by atoms with Crippen LogP contribution in [0.4, 0.5) is 4.39 Å². The van der Waals surface area contributed by atoms with Crippen LogP contribution in [0.1, 0.15) is 38.1 Å². The number of benzene rings is 1. The number of ether oxygens (including phenoxy) is 1. The maximum Gasteiger partial charge on any atom is 0.255 e. The second-order valence-corrected chi connectivity index (χ2v) is 7.26. The first-order valence-electron chi connectivity index (χ1n) is 6.54. The number of carbonyl (C=O) groups is 1. The number of nitrogens with zero attached hydrogens (tertiary/aromatic N) is 1. The van der Waals surface area contributed by atoms with Crippen molar-refractivity contribution in [3.63, 3.8) is 0 Å². The highest BCUT2D eigenvalue weighted by molar-refractivity contribution is 9.10. The largest absolute Gasteiger partial charge is 0.366 e. The van der Waals surface area contributed by atoms with E-state index in [4.69, 9.17) is 4.74 Å². The zero-order valence-corrected chi connectivity index (χ0v) is 13.8. The van der Waals surface area contributed by atoms with E-state index in [-0.39, 0.29) is 11.7 Å². The molecule has 0 unspecified atom stereocenters. The van der Waals surface area contributed by atoms with Crippen molar-refractivity contribution in [1.82, 2.24) is 4.90 Å². The monoisotopic (exact) mass is 343 g/mol. The number of hydrogen-bond acceptors (Lipinski definition) is 2. The molecular weight excluding hydrogens is 325 g/mol. The van der Waals surface area contributed by atoms with Crippen LogP contribution in [0.3, 0.4) is 0 Å². The van der Waals surface area contributed by atoms with Gasteiger partial charge in [-0.25, -0.2) is 4.39 Å². The van der Waals surface area contributed by atoms with Gasteiger partial charge in [-0.15, -0.1) is 0 Å². The predicted octanol–water partition coefficient (Wildman–Crippen LogP) is 3.62. The third kappa shape index (κ3) is 3.38. The van der Waals surface area contributed by atoms with E-state index < -0.39 is 11.2 Å². The van der Waals surface area contributed by atoms with Crippen molar-refractivity contribution in [2.75, 3.05) is 13.1 Å². The van der Waals surface area contributed by atoms with Gasteiger partial charge in [0.05, 0.1) is 16.8 Å². The molecule has 3 nitrogen and oxygen atoms in total. The number of rotatable bonds is 1. The van der Waals surface area contributed by atoms with E-state index in [1.54, 1.807) is 4.90 Å². The molecule has 0 aromatic heterocycles. The summed E-state index contributed by atoms with van der Waals surface area (Å²) in [6.45, 7) is 8.89. The molecule has 1 saturated heterocycles. The van der Waals surface area contributed by atoms with Gasteiger partial charge in [-0.1, -0.05) is 0 Å². The molecule has 0 aliphatic carbocycles. The van der Waals surface area contributed by atoms with Crippen LogP contribution in [-0.2, 0) is 4.74 Å². The fraction of sp³-hybridized carbons (Fsp3) is 0.533. The standard InChI is InChI=1S/C15H19BrFNO2/c1-14(2)8-18(9-15(3,4)20-14)13(19)11-6-5-10(17)7-12(11)16/h5-7H,8-9H2,1-4H3. The van der Waals surface area contributed by atoms with Crippen molar-refractivity contribution >= 4 is 21.8 Å². The first-order valence-corrected chi connectivity index (χ1v) is 7.33. The van der Waals surface area contributed by atoms with Crippen molar-refractivity contribution in [3.8, 4) is 0 Å². The summed E-state index contributed by atoms with van der Waals surface area (Å²) in [5.74, 6) is -0.475. The van der Waals surface area contributed by atoms with Gasteiger partial charge in [0.1, 0.15) is 5.82 Å². The van der Waals surface area contributed by atoms with Gasteiger partial charge in [-0.05, 0) is 61.8 Å². The average Bonchev–Trinajstić information content (AvgIpc) is 2.23. The van der Waals surface area contributed by atoms with Crippen LogP contribution < -0.4 is 0 Å². The molecule has 0 saturated carbocycles. The van der Waals surface area contributed by atoms with Gasteiger partial charge in [0.2, 0.25) is 0 Å². The van der Waals surface area contributed by atoms with Gasteiger partial charge in [0, 0.05) is 17.6 Å². The van der Waals surface area contributed by atoms with Gasteiger partial charge < -0.3 is 9.64 Å². The predicted molar refractivity (Wildman–Crippen MR) is 79.2 cm³/mol. The van der Waals surface area contributed by atoms with E-state index in [0.717, 1.165) is 0 Å². The molecule has 2 rings (SSSR count). The quantitative estimate of drug-likeness (QED) is 0.779. The minimum atomic E-state index is -0.399. The van der Waals surface area contributed by atoms with E-state index in [0.29, 0.717) is 23.1 Å². The number of carbonyl (C=O) groups excluding carboxylic acids is 1. The lowest BCUT2D eigenvalue weighted by Crippen LogP contribution is -2.58. The van der Waals surface area contributed by atoms with Crippen molar-refractivity contribution in [2.45, 2.75) is 38.9 Å². The Hall–Kier alpha value is -0.940. The Labute approximate surface area is 127 Å². The lowest BCUT2D eigenvalue weighted by molar-refractivity contribution is -0.171. The first kappa shape index (κ1) is 15.4. The van der Waals surface area contributed by atoms with Crippen LogP contribution in [0.25, 0.3) is 0 Å². The van der Waals surface area contributed by atoms with E-state index in [9.17, 15) is 9.18 Å². The third-order valence-electron chi connectivity index (χ3n) is 3.14. The van der Waals surface area contributed by atoms with E-state index in [2.05, 4.69) is 15.9 Å². The highest BCUT2D eigenvalue weighted by Gasteiger charge is 2.40. The fourth-order valence-electron chi connectivity index (χ4n) is 2.76. The summed E-state index contributed by atoms with van der Waals surface area (Å²) < 4.78 is 19.6. The summed E-state index contributed by atoms with van der Waals surface area (Å²) >= 11 is 3.25. The maximum absolute atomic E-state index is 13.1. The number of halogens is 2. The zero-order valence-electron chi connectivity index (χ0n) is 12.2. The van der Waals surface area contributed by atoms with Gasteiger partial charge in [0.15, 0.2) is 0 Å². The molecule has 0 bridgehead atoms. The Bertz CT molecular complexity index is 527. The highest BCUT2D eigenvalue weighted by Crippen LogP contribution is 2.30. The smallest absolute Gasteiger partial charge is 0.255 e. The normalized spacial score (nSPS) is 20.8. The molecule has 1 heterocycles. The van der Waals surface area contributed by atoms with Gasteiger partial charge in [0.25, 0.3) is 5.91 Å². The summed E-state index contributed by atoms with van der Waals surface area (Å²) in [6, 6.07) is 4.12. The van der Waals surface area contributed by atoms with Crippen LogP contribution >= 0.6 is 15.9 Å². The van der Waals surface area contributed by atoms with Crippen LogP contribution in [-0.4, -0.2) is 35.1 Å². The topological polar surface area (TPSA) is 29.5 Å². The Morgan fingerprint density at radius 3 is 2.30 bits per heavy atom. The molecule has 110 valence electrons. The maximum atomic E-state index is 13.1. The van der Waals surface area contributed by atoms with Crippen molar-refractivity contribution in [2.24, 2.45) is 0 Å². The second kappa shape index (κ2) is 5.11. The average molecular weight is 344 g/mol. The van der Waals surface area contributed by atoms with Crippen molar-refractivity contribution in [3.05, 3.63) is 34.1 Å². The van der Waals surface area contributed by atoms with E-state index >= 15 is 0 Å². The lowest BCUT2D eigenvalue weighted by Gasteiger charge is -2.47. The molecule has 1 aromatic rings. The molecular formula is C15H19BrFNO2. The molecule has 1 aliphatic heterocycles. The Morgan fingerprint density at radius 2 is 1.80 bits per heavy atom. The van der Waals surface area contributed by atoms with Crippen LogP contribution in [0.15, 0.2) is 22.7 Å². The van der Waals surface area contributed by atoms with Gasteiger partial charge in [-0.2, -0.15) is 0 Å². The Balaban J connectivity index is 2.28. The zero-order chi connectivity index (χ0) is 15.1. The molecule has 1 aromatic carbocycles. The molecule has 1 aliphatic rings.